The number of amides is 2. The van der Waals surface area contributed by atoms with Gasteiger partial charge < -0.3 is 28.7 Å². The molecule has 3 aromatic carbocycles. The second-order valence-corrected chi connectivity index (χ2v) is 11.8. The highest BCUT2D eigenvalue weighted by molar-refractivity contribution is 5.89. The molecule has 10 nitrogen and oxygen atoms in total. The van der Waals surface area contributed by atoms with E-state index >= 15 is 0 Å². The van der Waals surface area contributed by atoms with E-state index < -0.39 is 35.2 Å². The number of esters is 2. The Balaban J connectivity index is 1.70. The van der Waals surface area contributed by atoms with E-state index in [1.165, 1.54) is 58.3 Å². The van der Waals surface area contributed by atoms with Gasteiger partial charge in [-0.2, -0.15) is 0 Å². The third-order valence-electron chi connectivity index (χ3n) is 7.68. The Morgan fingerprint density at radius 3 is 1.11 bits per heavy atom. The van der Waals surface area contributed by atoms with Crippen LogP contribution in [0.4, 0.5) is 9.59 Å². The molecule has 3 rings (SSSR count). The third kappa shape index (κ3) is 8.41. The summed E-state index contributed by atoms with van der Waals surface area (Å²) < 4.78 is 21.5. The average molecular weight is 629 g/mol. The number of carbonyl (C=O) groups is 4. The van der Waals surface area contributed by atoms with Crippen LogP contribution in [-0.4, -0.2) is 48.0 Å². The first-order chi connectivity index (χ1) is 21.4. The predicted octanol–water partition coefficient (Wildman–Crippen LogP) is 7.38. The molecule has 0 unspecified atom stereocenters. The molecule has 0 aliphatic carbocycles. The van der Waals surface area contributed by atoms with Gasteiger partial charge in [0.1, 0.15) is 23.0 Å². The van der Waals surface area contributed by atoms with E-state index in [2.05, 4.69) is 13.2 Å². The van der Waals surface area contributed by atoms with Crippen molar-refractivity contribution in [2.24, 2.45) is 0 Å². The molecule has 0 radical (unpaired) electrons. The zero-order valence-electron chi connectivity index (χ0n) is 27.5. The fourth-order valence-electron chi connectivity index (χ4n) is 4.00. The van der Waals surface area contributed by atoms with Gasteiger partial charge in [-0.25, -0.2) is 19.2 Å². The zero-order chi connectivity index (χ0) is 34.4. The Bertz CT molecular complexity index is 1520. The van der Waals surface area contributed by atoms with E-state index in [-0.39, 0.29) is 22.6 Å². The van der Waals surface area contributed by atoms with Crippen molar-refractivity contribution < 1.29 is 38.1 Å². The second kappa shape index (κ2) is 14.2. The van der Waals surface area contributed by atoms with Crippen LogP contribution in [0.15, 0.2) is 97.1 Å². The van der Waals surface area contributed by atoms with E-state index in [9.17, 15) is 19.2 Å². The molecule has 0 N–H and O–H groups in total. The van der Waals surface area contributed by atoms with Gasteiger partial charge in [-0.1, -0.05) is 37.4 Å². The number of hydrogen-bond donors (Lipinski definition) is 0. The number of nitrogens with zero attached hydrogens (tertiary/aromatic N) is 2. The molecule has 0 saturated heterocycles. The van der Waals surface area contributed by atoms with Gasteiger partial charge in [0.25, 0.3) is 0 Å². The van der Waals surface area contributed by atoms with Crippen molar-refractivity contribution in [2.75, 3.05) is 14.1 Å². The molecule has 242 valence electrons. The molecule has 0 spiro atoms. The molecular formula is C36H40N2O8. The van der Waals surface area contributed by atoms with E-state index in [0.717, 1.165) is 11.1 Å². The summed E-state index contributed by atoms with van der Waals surface area (Å²) in [5, 5.41) is 0. The molecule has 0 bridgehead atoms. The average Bonchev–Trinajstić information content (AvgIpc) is 3.01. The maximum absolute atomic E-state index is 13.1. The van der Waals surface area contributed by atoms with Gasteiger partial charge in [-0.15, -0.1) is 0 Å². The van der Waals surface area contributed by atoms with Crippen LogP contribution in [0.3, 0.4) is 0 Å². The highest BCUT2D eigenvalue weighted by Gasteiger charge is 2.35. The van der Waals surface area contributed by atoms with Gasteiger partial charge in [0.15, 0.2) is 0 Å². The van der Waals surface area contributed by atoms with E-state index in [0.29, 0.717) is 11.5 Å². The molecule has 3 aromatic rings. The minimum atomic E-state index is -0.811. The van der Waals surface area contributed by atoms with Crippen molar-refractivity contribution in [3.8, 4) is 23.0 Å². The van der Waals surface area contributed by atoms with Crippen molar-refractivity contribution in [3.05, 3.63) is 108 Å². The largest absolute Gasteiger partial charge is 0.423 e. The highest BCUT2D eigenvalue weighted by Crippen LogP contribution is 2.34. The molecule has 0 heterocycles. The normalized spacial score (nSPS) is 11.1. The minimum Gasteiger partial charge on any atom is -0.423 e. The molecule has 2 amide bonds. The summed E-state index contributed by atoms with van der Waals surface area (Å²) in [5.41, 5.74) is 0.530. The lowest BCUT2D eigenvalue weighted by molar-refractivity contribution is -0.130. The number of ether oxygens (including phenoxy) is 4. The topological polar surface area (TPSA) is 112 Å². The molecule has 0 aromatic heterocycles. The van der Waals surface area contributed by atoms with Gasteiger partial charge in [0.05, 0.1) is 11.1 Å². The molecule has 0 fully saturated rings. The van der Waals surface area contributed by atoms with Crippen LogP contribution in [0.25, 0.3) is 0 Å². The summed E-state index contributed by atoms with van der Waals surface area (Å²) >= 11 is 0. The van der Waals surface area contributed by atoms with Gasteiger partial charge in [0.2, 0.25) is 0 Å². The highest BCUT2D eigenvalue weighted by atomic mass is 16.6. The summed E-state index contributed by atoms with van der Waals surface area (Å²) in [4.78, 5) is 52.7. The predicted molar refractivity (Wildman–Crippen MR) is 174 cm³/mol. The summed E-state index contributed by atoms with van der Waals surface area (Å²) in [6.45, 7) is 17.7. The lowest BCUT2D eigenvalue weighted by atomic mass is 9.86. The standard InChI is InChI=1S/C36H40N2O8/c1-23(2)31(39)43-27-14-18-29(19-15-27)45-33(41)37(9)35(5,6)25-12-11-13-26(22-25)36(7,8)38(10)34(42)46-30-20-16-28(17-21-30)44-32(40)24(3)4/h11-22H,1,3H2,2,4-10H3. The molecule has 46 heavy (non-hydrogen) atoms. The number of rotatable bonds is 10. The Morgan fingerprint density at radius 2 is 0.826 bits per heavy atom. The van der Waals surface area contributed by atoms with E-state index in [4.69, 9.17) is 18.9 Å². The van der Waals surface area contributed by atoms with Crippen LogP contribution in [-0.2, 0) is 20.7 Å². The number of benzene rings is 3. The van der Waals surface area contributed by atoms with E-state index in [1.54, 1.807) is 27.9 Å². The van der Waals surface area contributed by atoms with Crippen LogP contribution in [0.1, 0.15) is 52.7 Å². The van der Waals surface area contributed by atoms with Gasteiger partial charge in [0, 0.05) is 25.2 Å². The Morgan fingerprint density at radius 1 is 0.543 bits per heavy atom. The van der Waals surface area contributed by atoms with Crippen molar-refractivity contribution in [1.82, 2.24) is 9.80 Å². The molecule has 0 saturated carbocycles. The molecule has 0 aliphatic rings. The van der Waals surface area contributed by atoms with Crippen LogP contribution in [0, 0.1) is 0 Å². The molecule has 10 heteroatoms. The first kappa shape index (κ1) is 35.1. The first-order valence-electron chi connectivity index (χ1n) is 14.4. The van der Waals surface area contributed by atoms with Crippen molar-refractivity contribution in [2.45, 2.75) is 52.6 Å². The second-order valence-electron chi connectivity index (χ2n) is 11.8. The maximum atomic E-state index is 13.1. The minimum absolute atomic E-state index is 0.269. The lowest BCUT2D eigenvalue weighted by Crippen LogP contribution is -2.46. The number of hydrogen-bond acceptors (Lipinski definition) is 8. The Kier molecular flexibility index (Phi) is 10.8. The molecule has 0 aliphatic heterocycles. The third-order valence-corrected chi connectivity index (χ3v) is 7.68. The maximum Gasteiger partial charge on any atom is 0.415 e. The van der Waals surface area contributed by atoms with Crippen molar-refractivity contribution >= 4 is 24.1 Å². The Hall–Kier alpha value is -5.38. The van der Waals surface area contributed by atoms with Crippen LogP contribution in [0.5, 0.6) is 23.0 Å². The summed E-state index contributed by atoms with van der Waals surface area (Å²) in [7, 11) is 3.27. The molecule has 0 atom stereocenters. The van der Waals surface area contributed by atoms with Gasteiger partial charge in [-0.05, 0) is 101 Å². The van der Waals surface area contributed by atoms with Crippen LogP contribution >= 0.6 is 0 Å². The van der Waals surface area contributed by atoms with Gasteiger partial charge >= 0.3 is 24.1 Å². The van der Waals surface area contributed by atoms with Crippen LogP contribution in [0.2, 0.25) is 0 Å². The smallest absolute Gasteiger partial charge is 0.415 e. The number of carbonyl (C=O) groups excluding carboxylic acids is 4. The Labute approximate surface area is 269 Å². The summed E-state index contributed by atoms with van der Waals surface area (Å²) in [5.74, 6) is 0.0636. The van der Waals surface area contributed by atoms with E-state index in [1.807, 2.05) is 52.0 Å². The quantitative estimate of drug-likeness (QED) is 0.130. The summed E-state index contributed by atoms with van der Waals surface area (Å²) in [6.07, 6.45) is -1.19. The van der Waals surface area contributed by atoms with Crippen molar-refractivity contribution in [1.29, 1.82) is 0 Å². The van der Waals surface area contributed by atoms with Crippen molar-refractivity contribution in [3.63, 3.8) is 0 Å². The zero-order valence-corrected chi connectivity index (χ0v) is 27.5. The van der Waals surface area contributed by atoms with Gasteiger partial charge in [-0.3, -0.25) is 0 Å². The monoisotopic (exact) mass is 628 g/mol. The van der Waals surface area contributed by atoms with Crippen LogP contribution < -0.4 is 18.9 Å². The fourth-order valence-corrected chi connectivity index (χ4v) is 4.00. The first-order valence-corrected chi connectivity index (χ1v) is 14.4. The molecular weight excluding hydrogens is 588 g/mol. The lowest BCUT2D eigenvalue weighted by Gasteiger charge is -2.38. The SMILES string of the molecule is C=C(C)C(=O)Oc1ccc(OC(=O)N(C)C(C)(C)c2cccc(C(C)(C)N(C)C(=O)Oc3ccc(OC(=O)C(=C)C)cc3)c2)cc1. The fraction of sp³-hybridized carbons (Fsp3) is 0.278. The summed E-state index contributed by atoms with van der Waals surface area (Å²) in [6, 6.07) is 19.8.